The number of aromatic nitrogens is 1. The smallest absolute Gasteiger partial charge is 0.270 e. The normalized spacial score (nSPS) is 21.7. The highest BCUT2D eigenvalue weighted by Gasteiger charge is 2.25. The fourth-order valence-corrected chi connectivity index (χ4v) is 1.84. The number of amides is 1. The van der Waals surface area contributed by atoms with Crippen LogP contribution in [0.5, 0.6) is 0 Å². The number of nitrogens with zero attached hydrogens (tertiary/aromatic N) is 1. The first-order valence-corrected chi connectivity index (χ1v) is 5.29. The lowest BCUT2D eigenvalue weighted by molar-refractivity contribution is 0.00331. The lowest BCUT2D eigenvalue weighted by Gasteiger charge is -2.32. The maximum atomic E-state index is 12.0. The van der Waals surface area contributed by atoms with Crippen molar-refractivity contribution in [1.82, 2.24) is 9.88 Å². The third-order valence-corrected chi connectivity index (χ3v) is 2.72. The lowest BCUT2D eigenvalue weighted by Crippen LogP contribution is -2.47. The highest BCUT2D eigenvalue weighted by molar-refractivity contribution is 6.30. The molecular weight excluding hydrogens is 216 g/mol. The van der Waals surface area contributed by atoms with Crippen molar-refractivity contribution in [2.24, 2.45) is 0 Å². The van der Waals surface area contributed by atoms with Crippen molar-refractivity contribution in [3.05, 3.63) is 23.0 Å². The molecule has 1 saturated heterocycles. The Morgan fingerprint density at radius 1 is 1.73 bits per heavy atom. The number of hydrogen-bond donors (Lipinski definition) is 1. The summed E-state index contributed by atoms with van der Waals surface area (Å²) in [5.74, 6) is -0.0160. The third kappa shape index (κ3) is 2.16. The predicted molar refractivity (Wildman–Crippen MR) is 57.1 cm³/mol. The van der Waals surface area contributed by atoms with Crippen LogP contribution in [0.15, 0.2) is 12.3 Å². The van der Waals surface area contributed by atoms with E-state index in [1.165, 1.54) is 0 Å². The Balaban J connectivity index is 2.13. The van der Waals surface area contributed by atoms with Gasteiger partial charge in [0.15, 0.2) is 0 Å². The summed E-state index contributed by atoms with van der Waals surface area (Å²) in [6, 6.07) is 1.76. The SMILES string of the molecule is C[C@H]1COCCN1C(=O)c1cc(Cl)c[nH]1. The number of aromatic amines is 1. The van der Waals surface area contributed by atoms with E-state index in [1.807, 2.05) is 6.92 Å². The Morgan fingerprint density at radius 3 is 3.13 bits per heavy atom. The third-order valence-electron chi connectivity index (χ3n) is 2.51. The fourth-order valence-electron chi connectivity index (χ4n) is 1.67. The van der Waals surface area contributed by atoms with Crippen molar-refractivity contribution in [3.8, 4) is 0 Å². The van der Waals surface area contributed by atoms with Gasteiger partial charge in [-0.2, -0.15) is 0 Å². The van der Waals surface area contributed by atoms with Crippen LogP contribution in [0.1, 0.15) is 17.4 Å². The maximum Gasteiger partial charge on any atom is 0.270 e. The summed E-state index contributed by atoms with van der Waals surface area (Å²) in [5, 5.41) is 0.555. The van der Waals surface area contributed by atoms with Crippen molar-refractivity contribution in [3.63, 3.8) is 0 Å². The molecule has 1 aliphatic heterocycles. The number of hydrogen-bond acceptors (Lipinski definition) is 2. The molecule has 82 valence electrons. The number of H-pyrrole nitrogens is 1. The summed E-state index contributed by atoms with van der Waals surface area (Å²) in [6.07, 6.45) is 1.61. The van der Waals surface area contributed by atoms with Crippen molar-refractivity contribution in [2.45, 2.75) is 13.0 Å². The Labute approximate surface area is 93.2 Å². The van der Waals surface area contributed by atoms with E-state index in [0.29, 0.717) is 30.5 Å². The molecule has 1 N–H and O–H groups in total. The summed E-state index contributed by atoms with van der Waals surface area (Å²) >= 11 is 5.75. The molecule has 1 atom stereocenters. The molecule has 4 nitrogen and oxygen atoms in total. The molecule has 0 bridgehead atoms. The summed E-state index contributed by atoms with van der Waals surface area (Å²) in [5.41, 5.74) is 0.536. The zero-order chi connectivity index (χ0) is 10.8. The first-order valence-electron chi connectivity index (χ1n) is 4.91. The van der Waals surface area contributed by atoms with Gasteiger partial charge in [-0.25, -0.2) is 0 Å². The molecule has 15 heavy (non-hydrogen) atoms. The molecule has 5 heteroatoms. The van der Waals surface area contributed by atoms with Crippen LogP contribution in [0.25, 0.3) is 0 Å². The Bertz CT molecular complexity index is 364. The van der Waals surface area contributed by atoms with Crippen LogP contribution in [0, 0.1) is 0 Å². The molecule has 1 aliphatic rings. The minimum absolute atomic E-state index is 0.0160. The molecule has 1 amide bonds. The van der Waals surface area contributed by atoms with E-state index in [9.17, 15) is 4.79 Å². The highest BCUT2D eigenvalue weighted by Crippen LogP contribution is 2.14. The van der Waals surface area contributed by atoms with Crippen LogP contribution in [0.4, 0.5) is 0 Å². The van der Waals surface area contributed by atoms with Crippen molar-refractivity contribution >= 4 is 17.5 Å². The van der Waals surface area contributed by atoms with Gasteiger partial charge in [0.25, 0.3) is 5.91 Å². The van der Waals surface area contributed by atoms with Gasteiger partial charge in [-0.1, -0.05) is 11.6 Å². The van der Waals surface area contributed by atoms with Gasteiger partial charge in [0.1, 0.15) is 5.69 Å². The first kappa shape index (κ1) is 10.5. The largest absolute Gasteiger partial charge is 0.377 e. The van der Waals surface area contributed by atoms with Crippen molar-refractivity contribution < 1.29 is 9.53 Å². The zero-order valence-electron chi connectivity index (χ0n) is 8.50. The minimum Gasteiger partial charge on any atom is -0.377 e. The molecule has 2 rings (SSSR count). The molecule has 2 heterocycles. The molecule has 0 aliphatic carbocycles. The van der Waals surface area contributed by atoms with E-state index in [2.05, 4.69) is 4.98 Å². The summed E-state index contributed by atoms with van der Waals surface area (Å²) < 4.78 is 5.27. The molecule has 0 radical (unpaired) electrons. The van der Waals surface area contributed by atoms with Crippen LogP contribution in [-0.2, 0) is 4.74 Å². The Hall–Kier alpha value is -1.00. The van der Waals surface area contributed by atoms with Gasteiger partial charge < -0.3 is 14.6 Å². The number of ether oxygens (including phenoxy) is 1. The average molecular weight is 229 g/mol. The van der Waals surface area contributed by atoms with Gasteiger partial charge in [0.2, 0.25) is 0 Å². The Kier molecular flexibility index (Phi) is 2.98. The first-order chi connectivity index (χ1) is 7.18. The molecule has 1 aromatic rings. The van der Waals surface area contributed by atoms with E-state index < -0.39 is 0 Å². The van der Waals surface area contributed by atoms with Crippen LogP contribution < -0.4 is 0 Å². The van der Waals surface area contributed by atoms with E-state index >= 15 is 0 Å². The van der Waals surface area contributed by atoms with Gasteiger partial charge in [-0.05, 0) is 13.0 Å². The topological polar surface area (TPSA) is 45.3 Å². The summed E-state index contributed by atoms with van der Waals surface area (Å²) in [7, 11) is 0. The molecule has 0 aromatic carbocycles. The number of carbonyl (C=O) groups is 1. The van der Waals surface area contributed by atoms with E-state index in [1.54, 1.807) is 17.2 Å². The summed E-state index contributed by atoms with van der Waals surface area (Å²) in [6.45, 7) is 3.81. The van der Waals surface area contributed by atoms with E-state index in [0.717, 1.165) is 0 Å². The van der Waals surface area contributed by atoms with Crippen LogP contribution >= 0.6 is 11.6 Å². The monoisotopic (exact) mass is 228 g/mol. The Morgan fingerprint density at radius 2 is 2.53 bits per heavy atom. The van der Waals surface area contributed by atoms with E-state index in [-0.39, 0.29) is 11.9 Å². The number of nitrogens with one attached hydrogen (secondary N) is 1. The van der Waals surface area contributed by atoms with Gasteiger partial charge >= 0.3 is 0 Å². The number of halogens is 1. The predicted octanol–water partition coefficient (Wildman–Crippen LogP) is 1.53. The van der Waals surface area contributed by atoms with Gasteiger partial charge in [0.05, 0.1) is 24.3 Å². The van der Waals surface area contributed by atoms with Gasteiger partial charge in [-0.3, -0.25) is 4.79 Å². The van der Waals surface area contributed by atoms with E-state index in [4.69, 9.17) is 16.3 Å². The maximum absolute atomic E-state index is 12.0. The quantitative estimate of drug-likeness (QED) is 0.792. The highest BCUT2D eigenvalue weighted by atomic mass is 35.5. The van der Waals surface area contributed by atoms with Crippen LogP contribution in [0.2, 0.25) is 5.02 Å². The molecule has 0 spiro atoms. The van der Waals surface area contributed by atoms with Gasteiger partial charge in [-0.15, -0.1) is 0 Å². The van der Waals surface area contributed by atoms with Crippen LogP contribution in [0.3, 0.4) is 0 Å². The molecule has 1 aromatic heterocycles. The lowest BCUT2D eigenvalue weighted by atomic mass is 10.2. The second-order valence-electron chi connectivity index (χ2n) is 3.65. The van der Waals surface area contributed by atoms with Crippen molar-refractivity contribution in [1.29, 1.82) is 0 Å². The standard InChI is InChI=1S/C10H13ClN2O2/c1-7-6-15-3-2-13(7)10(14)9-4-8(11)5-12-9/h4-5,7,12H,2-3,6H2,1H3/t7-/m0/s1. The van der Waals surface area contributed by atoms with Crippen LogP contribution in [-0.4, -0.2) is 41.6 Å². The zero-order valence-corrected chi connectivity index (χ0v) is 9.25. The van der Waals surface area contributed by atoms with Crippen molar-refractivity contribution in [2.75, 3.05) is 19.8 Å². The minimum atomic E-state index is -0.0160. The molecule has 0 saturated carbocycles. The number of morpholine rings is 1. The number of carbonyl (C=O) groups excluding carboxylic acids is 1. The average Bonchev–Trinajstić information content (AvgIpc) is 2.65. The second-order valence-corrected chi connectivity index (χ2v) is 4.09. The molecular formula is C10H13ClN2O2. The molecule has 1 fully saturated rings. The number of rotatable bonds is 1. The second kappa shape index (κ2) is 4.24. The fraction of sp³-hybridized carbons (Fsp3) is 0.500. The molecule has 0 unspecified atom stereocenters. The summed E-state index contributed by atoms with van der Waals surface area (Å²) in [4.78, 5) is 16.7. The van der Waals surface area contributed by atoms with Gasteiger partial charge in [0, 0.05) is 12.7 Å².